The third-order valence-electron chi connectivity index (χ3n) is 6.37. The number of aromatic nitrogens is 4. The molecule has 0 radical (unpaired) electrons. The van der Waals surface area contributed by atoms with E-state index < -0.39 is 5.54 Å². The molecule has 0 saturated carbocycles. The summed E-state index contributed by atoms with van der Waals surface area (Å²) in [6, 6.07) is 19.9. The second-order valence-corrected chi connectivity index (χ2v) is 8.78. The number of aryl methyl sites for hydroxylation is 2. The van der Waals surface area contributed by atoms with Crippen LogP contribution in [0.5, 0.6) is 0 Å². The van der Waals surface area contributed by atoms with Crippen molar-refractivity contribution in [2.45, 2.75) is 5.54 Å². The first-order valence-corrected chi connectivity index (χ1v) is 11.2. The standard InChI is InChI=1S/C27H21ClN6O/c1-30-19-10-7-17(8-11-19)27(29,24-15-31-16-33(24)2)18-9-12-23-21(13-18)20(14-26(35)34(23)3)22-5-4-6-25(28)32-22/h4-16H,29H2,2-3H3/t27-/m1/s1. The van der Waals surface area contributed by atoms with E-state index in [9.17, 15) is 4.79 Å². The van der Waals surface area contributed by atoms with E-state index in [2.05, 4.69) is 14.8 Å². The summed E-state index contributed by atoms with van der Waals surface area (Å²) in [5.74, 6) is 0. The Kier molecular flexibility index (Phi) is 5.48. The SMILES string of the molecule is [C-]#[N+]c1ccc([C@@](N)(c2ccc3c(c2)c(-c2cccc(Cl)n2)cc(=O)n3C)c2cncn2C)cc1. The minimum atomic E-state index is -1.08. The van der Waals surface area contributed by atoms with E-state index in [-0.39, 0.29) is 5.56 Å². The number of hydrogen-bond donors (Lipinski definition) is 1. The lowest BCUT2D eigenvalue weighted by Gasteiger charge is -2.32. The topological polar surface area (TPSA) is 83.1 Å². The molecule has 2 aromatic carbocycles. The van der Waals surface area contributed by atoms with Gasteiger partial charge >= 0.3 is 0 Å². The number of fused-ring (bicyclic) bond motifs is 1. The molecule has 0 aliphatic rings. The van der Waals surface area contributed by atoms with Crippen molar-refractivity contribution in [2.24, 2.45) is 19.8 Å². The number of pyridine rings is 2. The van der Waals surface area contributed by atoms with Gasteiger partial charge in [0.2, 0.25) is 0 Å². The Balaban J connectivity index is 1.83. The van der Waals surface area contributed by atoms with E-state index in [0.29, 0.717) is 22.1 Å². The molecule has 0 saturated heterocycles. The van der Waals surface area contributed by atoms with Crippen LogP contribution < -0.4 is 11.3 Å². The molecule has 0 unspecified atom stereocenters. The monoisotopic (exact) mass is 480 g/mol. The lowest BCUT2D eigenvalue weighted by Crippen LogP contribution is -2.41. The molecule has 0 spiro atoms. The molecular weight excluding hydrogens is 460 g/mol. The van der Waals surface area contributed by atoms with Gasteiger partial charge in [-0.1, -0.05) is 48.0 Å². The molecule has 7 nitrogen and oxygen atoms in total. The van der Waals surface area contributed by atoms with Crippen molar-refractivity contribution in [3.8, 4) is 11.3 Å². The fourth-order valence-electron chi connectivity index (χ4n) is 4.47. The Labute approximate surface area is 206 Å². The minimum absolute atomic E-state index is 0.151. The molecule has 3 heterocycles. The van der Waals surface area contributed by atoms with E-state index >= 15 is 0 Å². The number of nitrogens with two attached hydrogens (primary N) is 1. The van der Waals surface area contributed by atoms with Crippen LogP contribution in [0.15, 0.2) is 84.0 Å². The van der Waals surface area contributed by atoms with Crippen LogP contribution >= 0.6 is 11.6 Å². The summed E-state index contributed by atoms with van der Waals surface area (Å²) >= 11 is 6.17. The Hall–Kier alpha value is -4.25. The number of halogens is 1. The van der Waals surface area contributed by atoms with Crippen molar-refractivity contribution in [2.75, 3.05) is 0 Å². The van der Waals surface area contributed by atoms with Gasteiger partial charge in [-0.3, -0.25) is 4.79 Å². The average Bonchev–Trinajstić information content (AvgIpc) is 3.31. The summed E-state index contributed by atoms with van der Waals surface area (Å²) in [6.07, 6.45) is 3.45. The van der Waals surface area contributed by atoms with E-state index in [1.165, 1.54) is 0 Å². The molecule has 0 amide bonds. The zero-order chi connectivity index (χ0) is 24.7. The molecule has 0 aliphatic heterocycles. The van der Waals surface area contributed by atoms with Crippen LogP contribution in [-0.4, -0.2) is 19.1 Å². The molecule has 2 N–H and O–H groups in total. The molecular formula is C27H21ClN6O. The maximum absolute atomic E-state index is 12.7. The summed E-state index contributed by atoms with van der Waals surface area (Å²) in [7, 11) is 3.63. The highest BCUT2D eigenvalue weighted by Crippen LogP contribution is 2.37. The molecule has 8 heteroatoms. The van der Waals surface area contributed by atoms with Gasteiger partial charge in [0.25, 0.3) is 5.56 Å². The zero-order valence-corrected chi connectivity index (χ0v) is 19.9. The Morgan fingerprint density at radius 2 is 1.77 bits per heavy atom. The van der Waals surface area contributed by atoms with Crippen molar-refractivity contribution in [1.82, 2.24) is 19.1 Å². The van der Waals surface area contributed by atoms with E-state index in [1.807, 2.05) is 48.0 Å². The zero-order valence-electron chi connectivity index (χ0n) is 19.1. The normalized spacial score (nSPS) is 12.9. The number of benzene rings is 2. The van der Waals surface area contributed by atoms with Crippen molar-refractivity contribution >= 4 is 28.2 Å². The fraction of sp³-hybridized carbons (Fsp3) is 0.111. The number of hydrogen-bond acceptors (Lipinski definition) is 4. The smallest absolute Gasteiger partial charge is 0.251 e. The summed E-state index contributed by atoms with van der Waals surface area (Å²) < 4.78 is 3.48. The highest BCUT2D eigenvalue weighted by Gasteiger charge is 2.35. The lowest BCUT2D eigenvalue weighted by atomic mass is 9.80. The molecule has 172 valence electrons. The third kappa shape index (κ3) is 3.69. The van der Waals surface area contributed by atoms with Crippen LogP contribution in [0.3, 0.4) is 0 Å². The molecule has 35 heavy (non-hydrogen) atoms. The summed E-state index contributed by atoms with van der Waals surface area (Å²) in [4.78, 5) is 25.0. The van der Waals surface area contributed by atoms with E-state index in [0.717, 1.165) is 27.7 Å². The van der Waals surface area contributed by atoms with Gasteiger partial charge in [-0.25, -0.2) is 14.8 Å². The maximum Gasteiger partial charge on any atom is 0.251 e. The predicted molar refractivity (Wildman–Crippen MR) is 137 cm³/mol. The number of rotatable bonds is 4. The second-order valence-electron chi connectivity index (χ2n) is 8.39. The van der Waals surface area contributed by atoms with Gasteiger partial charge in [0, 0.05) is 31.1 Å². The Morgan fingerprint density at radius 3 is 2.43 bits per heavy atom. The van der Waals surface area contributed by atoms with Gasteiger partial charge in [0.1, 0.15) is 10.7 Å². The first-order valence-electron chi connectivity index (χ1n) is 10.8. The molecule has 5 rings (SSSR count). The summed E-state index contributed by atoms with van der Waals surface area (Å²) in [5, 5.41) is 1.16. The van der Waals surface area contributed by atoms with Gasteiger partial charge in [-0.15, -0.1) is 0 Å². The summed E-state index contributed by atoms with van der Waals surface area (Å²) in [5.41, 5.74) is 10.9. The van der Waals surface area contributed by atoms with E-state index in [1.54, 1.807) is 54.5 Å². The van der Waals surface area contributed by atoms with Crippen molar-refractivity contribution < 1.29 is 0 Å². The third-order valence-corrected chi connectivity index (χ3v) is 6.58. The first-order chi connectivity index (χ1) is 16.8. The van der Waals surface area contributed by atoms with E-state index in [4.69, 9.17) is 23.9 Å². The molecule has 0 fully saturated rings. The van der Waals surface area contributed by atoms with Crippen LogP contribution in [0.1, 0.15) is 16.8 Å². The second kappa shape index (κ2) is 8.51. The number of nitrogens with zero attached hydrogens (tertiary/aromatic N) is 5. The molecule has 0 aliphatic carbocycles. The highest BCUT2D eigenvalue weighted by molar-refractivity contribution is 6.29. The molecule has 3 aromatic heterocycles. The van der Waals surface area contributed by atoms with Crippen molar-refractivity contribution in [1.29, 1.82) is 0 Å². The fourth-order valence-corrected chi connectivity index (χ4v) is 4.64. The van der Waals surface area contributed by atoms with Gasteiger partial charge in [-0.2, -0.15) is 0 Å². The van der Waals surface area contributed by atoms with Crippen LogP contribution in [0.4, 0.5) is 5.69 Å². The minimum Gasteiger partial charge on any atom is -0.336 e. The Bertz CT molecular complexity index is 1680. The maximum atomic E-state index is 12.7. The quantitative estimate of drug-likeness (QED) is 0.296. The molecule has 5 aromatic rings. The summed E-state index contributed by atoms with van der Waals surface area (Å²) in [6.45, 7) is 7.29. The van der Waals surface area contributed by atoms with Crippen LogP contribution in [-0.2, 0) is 19.6 Å². The van der Waals surface area contributed by atoms with Crippen LogP contribution in [0.2, 0.25) is 5.15 Å². The van der Waals surface area contributed by atoms with Gasteiger partial charge < -0.3 is 14.9 Å². The first kappa shape index (κ1) is 22.5. The highest BCUT2D eigenvalue weighted by atomic mass is 35.5. The van der Waals surface area contributed by atoms with Gasteiger partial charge in [0.15, 0.2) is 5.69 Å². The van der Waals surface area contributed by atoms with Gasteiger partial charge in [0.05, 0.1) is 36.0 Å². The van der Waals surface area contributed by atoms with Crippen LogP contribution in [0, 0.1) is 6.57 Å². The van der Waals surface area contributed by atoms with Crippen molar-refractivity contribution in [3.05, 3.63) is 123 Å². The van der Waals surface area contributed by atoms with Gasteiger partial charge in [-0.05, 0) is 35.4 Å². The van der Waals surface area contributed by atoms with Crippen molar-refractivity contribution in [3.63, 3.8) is 0 Å². The molecule has 0 bridgehead atoms. The lowest BCUT2D eigenvalue weighted by molar-refractivity contribution is 0.596. The Morgan fingerprint density at radius 1 is 1.03 bits per heavy atom. The number of imidazole rings is 1. The van der Waals surface area contributed by atoms with Crippen LogP contribution in [0.25, 0.3) is 27.0 Å². The largest absolute Gasteiger partial charge is 0.336 e. The average molecular weight is 481 g/mol. The predicted octanol–water partition coefficient (Wildman–Crippen LogP) is 4.79. The molecule has 1 atom stereocenters.